The molecule has 0 radical (unpaired) electrons. The number of benzene rings is 2. The average Bonchev–Trinajstić information content (AvgIpc) is 2.51. The summed E-state index contributed by atoms with van der Waals surface area (Å²) in [7, 11) is 0. The summed E-state index contributed by atoms with van der Waals surface area (Å²) in [4.78, 5) is 11.2. The molecule has 2 rings (SSSR count). The quantitative estimate of drug-likeness (QED) is 0.285. The summed E-state index contributed by atoms with van der Waals surface area (Å²) < 4.78 is 0. The van der Waals surface area contributed by atoms with Gasteiger partial charge in [-0.1, -0.05) is 19.1 Å². The number of phenols is 3. The predicted molar refractivity (Wildman–Crippen MR) is 81.5 cm³/mol. The third-order valence-electron chi connectivity index (χ3n) is 3.18. The number of phenolic OH excluding ortho intramolecular Hbond substituents is 3. The van der Waals surface area contributed by atoms with Gasteiger partial charge in [-0.25, -0.2) is 4.79 Å². The molecule has 0 aliphatic rings. The molecule has 0 aliphatic heterocycles. The van der Waals surface area contributed by atoms with Crippen molar-refractivity contribution in [2.75, 3.05) is 10.9 Å². The predicted octanol–water partition coefficient (Wildman–Crippen LogP) is 2.50. The third-order valence-corrected chi connectivity index (χ3v) is 3.18. The van der Waals surface area contributed by atoms with E-state index in [9.17, 15) is 20.1 Å². The Kier molecular flexibility index (Phi) is 4.26. The van der Waals surface area contributed by atoms with Gasteiger partial charge in [0.25, 0.3) is 0 Å². The zero-order valence-corrected chi connectivity index (χ0v) is 11.8. The third kappa shape index (κ3) is 2.98. The Morgan fingerprint density at radius 1 is 1.05 bits per heavy atom. The van der Waals surface area contributed by atoms with Crippen molar-refractivity contribution in [2.24, 2.45) is 0 Å². The molecule has 0 aliphatic carbocycles. The zero-order chi connectivity index (χ0) is 16.3. The summed E-state index contributed by atoms with van der Waals surface area (Å²) >= 11 is 0. The number of carboxylic acid groups (broad SMARTS) is 1. The van der Waals surface area contributed by atoms with Gasteiger partial charge < -0.3 is 25.9 Å². The normalized spacial score (nSPS) is 10.2. The van der Waals surface area contributed by atoms with Crippen LogP contribution in [0.1, 0.15) is 22.8 Å². The second kappa shape index (κ2) is 6.13. The van der Waals surface area contributed by atoms with Gasteiger partial charge in [0, 0.05) is 6.07 Å². The minimum absolute atomic E-state index is 0.248. The molecule has 2 aromatic rings. The molecule has 6 N–H and O–H groups in total. The lowest BCUT2D eigenvalue weighted by Gasteiger charge is -2.15. The molecular weight excluding hydrogens is 288 g/mol. The lowest BCUT2D eigenvalue weighted by Crippen LogP contribution is -2.13. The maximum atomic E-state index is 11.2. The van der Waals surface area contributed by atoms with E-state index in [1.54, 1.807) is 12.1 Å². The number of aromatic hydroxyl groups is 3. The van der Waals surface area contributed by atoms with Gasteiger partial charge in [-0.05, 0) is 24.1 Å². The van der Waals surface area contributed by atoms with Crippen molar-refractivity contribution in [3.05, 3.63) is 41.5 Å². The molecule has 2 aromatic carbocycles. The van der Waals surface area contributed by atoms with Crippen molar-refractivity contribution in [1.82, 2.24) is 0 Å². The van der Waals surface area contributed by atoms with Gasteiger partial charge >= 0.3 is 5.97 Å². The van der Waals surface area contributed by atoms with E-state index in [0.717, 1.165) is 18.1 Å². The topological polar surface area (TPSA) is 122 Å². The van der Waals surface area contributed by atoms with Crippen molar-refractivity contribution in [1.29, 1.82) is 0 Å². The first-order chi connectivity index (χ1) is 10.4. The summed E-state index contributed by atoms with van der Waals surface area (Å²) in [5.74, 6) is -3.63. The highest BCUT2D eigenvalue weighted by Crippen LogP contribution is 2.43. The van der Waals surface area contributed by atoms with Crippen molar-refractivity contribution in [3.8, 4) is 17.2 Å². The van der Waals surface area contributed by atoms with Gasteiger partial charge in [-0.2, -0.15) is 0 Å². The van der Waals surface area contributed by atoms with Crippen molar-refractivity contribution in [2.45, 2.75) is 13.3 Å². The van der Waals surface area contributed by atoms with E-state index in [1.807, 2.05) is 19.1 Å². The van der Waals surface area contributed by atoms with Gasteiger partial charge in [0.15, 0.2) is 11.5 Å². The molecule has 0 heterocycles. The second-order valence-corrected chi connectivity index (χ2v) is 4.62. The monoisotopic (exact) mass is 304 g/mol. The van der Waals surface area contributed by atoms with E-state index in [-0.39, 0.29) is 11.3 Å². The molecule has 22 heavy (non-hydrogen) atoms. The fourth-order valence-corrected chi connectivity index (χ4v) is 1.90. The average molecular weight is 304 g/mol. The van der Waals surface area contributed by atoms with Crippen LogP contribution in [0.15, 0.2) is 30.3 Å². The van der Waals surface area contributed by atoms with Gasteiger partial charge in [-0.3, -0.25) is 5.43 Å². The Morgan fingerprint density at radius 2 is 1.68 bits per heavy atom. The Balaban J connectivity index is 2.28. The van der Waals surface area contributed by atoms with Gasteiger partial charge in [-0.15, -0.1) is 0 Å². The number of hydrazine groups is 1. The maximum Gasteiger partial charge on any atom is 0.338 e. The van der Waals surface area contributed by atoms with E-state index >= 15 is 0 Å². The first-order valence-electron chi connectivity index (χ1n) is 6.56. The first-order valence-corrected chi connectivity index (χ1v) is 6.56. The number of carboxylic acids is 1. The van der Waals surface area contributed by atoms with E-state index < -0.39 is 23.2 Å². The van der Waals surface area contributed by atoms with Crippen molar-refractivity contribution in [3.63, 3.8) is 0 Å². The lowest BCUT2D eigenvalue weighted by molar-refractivity contribution is 0.0697. The van der Waals surface area contributed by atoms with Crippen LogP contribution in [0, 0.1) is 0 Å². The molecule has 0 saturated heterocycles. The smallest absolute Gasteiger partial charge is 0.338 e. The van der Waals surface area contributed by atoms with Crippen molar-refractivity contribution >= 4 is 17.3 Å². The Hall–Kier alpha value is -3.09. The van der Waals surface area contributed by atoms with Crippen LogP contribution in [0.2, 0.25) is 0 Å². The lowest BCUT2D eigenvalue weighted by atomic mass is 10.1. The number of nitrogens with one attached hydrogen (secondary N) is 2. The molecule has 0 atom stereocenters. The second-order valence-electron chi connectivity index (χ2n) is 4.62. The Labute approximate surface area is 126 Å². The highest BCUT2D eigenvalue weighted by Gasteiger charge is 2.21. The molecule has 0 saturated carbocycles. The fraction of sp³-hybridized carbons (Fsp3) is 0.133. The zero-order valence-electron chi connectivity index (χ0n) is 11.8. The molecule has 0 spiro atoms. The molecule has 0 fully saturated rings. The van der Waals surface area contributed by atoms with E-state index in [1.165, 1.54) is 0 Å². The molecule has 0 aromatic heterocycles. The summed E-state index contributed by atoms with van der Waals surface area (Å²) in [5.41, 5.74) is 6.41. The number of rotatable bonds is 5. The standard InChI is InChI=1S/C15H16N2O5/c1-2-8-3-5-9(6-4-8)16-17-12-10(15(21)22)7-11(18)13(19)14(12)20/h3-7,16-20H,2H2,1H3,(H,21,22). The number of hydrogen-bond acceptors (Lipinski definition) is 6. The Bertz CT molecular complexity index is 698. The van der Waals surface area contributed by atoms with Crippen LogP contribution in [0.5, 0.6) is 17.2 Å². The number of anilines is 2. The van der Waals surface area contributed by atoms with Gasteiger partial charge in [0.05, 0.1) is 11.3 Å². The maximum absolute atomic E-state index is 11.2. The summed E-state index contributed by atoms with van der Waals surface area (Å²) in [6, 6.07) is 8.21. The van der Waals surface area contributed by atoms with Gasteiger partial charge in [0.2, 0.25) is 5.75 Å². The minimum atomic E-state index is -1.36. The number of carbonyl (C=O) groups is 1. The largest absolute Gasteiger partial charge is 0.504 e. The van der Waals surface area contributed by atoms with Crippen LogP contribution in [-0.2, 0) is 6.42 Å². The molecule has 0 unspecified atom stereocenters. The van der Waals surface area contributed by atoms with Crippen LogP contribution in [0.3, 0.4) is 0 Å². The molecular formula is C15H16N2O5. The molecule has 0 bridgehead atoms. The van der Waals surface area contributed by atoms with Crippen LogP contribution in [-0.4, -0.2) is 26.4 Å². The molecule has 7 nitrogen and oxygen atoms in total. The summed E-state index contributed by atoms with van der Waals surface area (Å²) in [6.45, 7) is 2.02. The van der Waals surface area contributed by atoms with Crippen molar-refractivity contribution < 1.29 is 25.2 Å². The van der Waals surface area contributed by atoms with Gasteiger partial charge in [0.1, 0.15) is 5.69 Å². The summed E-state index contributed by atoms with van der Waals surface area (Å²) in [6.07, 6.45) is 0.892. The minimum Gasteiger partial charge on any atom is -0.504 e. The number of aryl methyl sites for hydroxylation is 1. The van der Waals surface area contributed by atoms with Crippen LogP contribution >= 0.6 is 0 Å². The highest BCUT2D eigenvalue weighted by molar-refractivity contribution is 5.98. The van der Waals surface area contributed by atoms with E-state index in [0.29, 0.717) is 5.69 Å². The Morgan fingerprint density at radius 3 is 2.23 bits per heavy atom. The van der Waals surface area contributed by atoms with E-state index in [2.05, 4.69) is 10.9 Å². The summed E-state index contributed by atoms with van der Waals surface area (Å²) in [5, 5.41) is 37.8. The number of aromatic carboxylic acids is 1. The van der Waals surface area contributed by atoms with E-state index in [4.69, 9.17) is 5.11 Å². The highest BCUT2D eigenvalue weighted by atomic mass is 16.4. The fourth-order valence-electron chi connectivity index (χ4n) is 1.90. The first kappa shape index (κ1) is 15.3. The molecule has 7 heteroatoms. The molecule has 0 amide bonds. The van der Waals surface area contributed by atoms with Crippen LogP contribution in [0.4, 0.5) is 11.4 Å². The van der Waals surface area contributed by atoms with Crippen LogP contribution < -0.4 is 10.9 Å². The SMILES string of the molecule is CCc1ccc(NNc2c(C(=O)O)cc(O)c(O)c2O)cc1. The molecule has 116 valence electrons. The van der Waals surface area contributed by atoms with Crippen LogP contribution in [0.25, 0.3) is 0 Å². The number of hydrogen-bond donors (Lipinski definition) is 6.